The van der Waals surface area contributed by atoms with Crippen molar-refractivity contribution >= 4 is 30.7 Å². The van der Waals surface area contributed by atoms with Gasteiger partial charge in [-0.3, -0.25) is 14.6 Å². The van der Waals surface area contributed by atoms with Gasteiger partial charge in [-0.1, -0.05) is 6.07 Å². The van der Waals surface area contributed by atoms with Crippen LogP contribution in [0.15, 0.2) is 41.5 Å². The lowest BCUT2D eigenvalue weighted by molar-refractivity contribution is 0.0951. The topological polar surface area (TPSA) is 76.0 Å². The Balaban J connectivity index is 0.00000196. The largest absolute Gasteiger partial charge is 0.351 e. The Kier molecular flexibility index (Phi) is 10.2. The maximum Gasteiger partial charge on any atom is 0.263 e. The second-order valence-electron chi connectivity index (χ2n) is 6.87. The van der Waals surface area contributed by atoms with Crippen LogP contribution in [0.25, 0.3) is 0 Å². The molecule has 0 radical (unpaired) electrons. The Morgan fingerprint density at radius 2 is 2.14 bits per heavy atom. The van der Waals surface area contributed by atoms with Crippen molar-refractivity contribution in [2.45, 2.75) is 32.7 Å². The first-order valence-corrected chi connectivity index (χ1v) is 9.24. The lowest BCUT2D eigenvalue weighted by Crippen LogP contribution is -2.38. The molecule has 28 heavy (non-hydrogen) atoms. The number of rotatable bonds is 6. The first-order valence-electron chi connectivity index (χ1n) is 9.24. The standard InChI is InChI=1S/C20H26N4O2.2ClH/c1-15-8-12-24(14-16-5-4-9-21-13-16)20(26)18(15)19(25)23-11-7-17-6-2-3-10-22-17;;/h2-3,6,8,10,12,16,21H,4-5,7,9,11,13-14H2,1H3,(H,23,25);2*1H. The summed E-state index contributed by atoms with van der Waals surface area (Å²) in [7, 11) is 0. The average Bonchev–Trinajstić information content (AvgIpc) is 2.66. The molecule has 0 saturated carbocycles. The monoisotopic (exact) mass is 426 g/mol. The third-order valence-electron chi connectivity index (χ3n) is 4.85. The molecule has 1 aliphatic rings. The summed E-state index contributed by atoms with van der Waals surface area (Å²) in [6, 6.07) is 7.56. The first kappa shape index (κ1) is 24.1. The number of nitrogens with zero attached hydrogens (tertiary/aromatic N) is 2. The van der Waals surface area contributed by atoms with Gasteiger partial charge >= 0.3 is 0 Å². The van der Waals surface area contributed by atoms with Gasteiger partial charge in [0.05, 0.1) is 0 Å². The van der Waals surface area contributed by atoms with E-state index in [0.717, 1.165) is 31.6 Å². The number of carbonyl (C=O) groups excluding carboxylic acids is 1. The Morgan fingerprint density at radius 3 is 2.82 bits per heavy atom. The number of nitrogens with one attached hydrogen (secondary N) is 2. The van der Waals surface area contributed by atoms with Crippen LogP contribution in [0.4, 0.5) is 0 Å². The van der Waals surface area contributed by atoms with Gasteiger partial charge in [-0.25, -0.2) is 0 Å². The van der Waals surface area contributed by atoms with Crippen LogP contribution < -0.4 is 16.2 Å². The van der Waals surface area contributed by atoms with Crippen LogP contribution in [0, 0.1) is 12.8 Å². The molecule has 6 nitrogen and oxygen atoms in total. The van der Waals surface area contributed by atoms with Gasteiger partial charge in [0.1, 0.15) is 5.56 Å². The molecule has 0 bridgehead atoms. The third-order valence-corrected chi connectivity index (χ3v) is 4.85. The molecule has 0 spiro atoms. The molecule has 2 N–H and O–H groups in total. The second-order valence-corrected chi connectivity index (χ2v) is 6.87. The van der Waals surface area contributed by atoms with E-state index >= 15 is 0 Å². The van der Waals surface area contributed by atoms with E-state index in [0.29, 0.717) is 31.0 Å². The molecule has 2 aromatic heterocycles. The minimum Gasteiger partial charge on any atom is -0.351 e. The Bertz CT molecular complexity index is 806. The number of carbonyl (C=O) groups is 1. The van der Waals surface area contributed by atoms with Crippen molar-refractivity contribution in [3.05, 3.63) is 63.8 Å². The maximum absolute atomic E-state index is 12.8. The summed E-state index contributed by atoms with van der Waals surface area (Å²) < 4.78 is 1.68. The summed E-state index contributed by atoms with van der Waals surface area (Å²) in [6.07, 6.45) is 6.42. The summed E-state index contributed by atoms with van der Waals surface area (Å²) in [4.78, 5) is 29.6. The number of hydrogen-bond acceptors (Lipinski definition) is 4. The number of pyridine rings is 2. The molecule has 0 aliphatic carbocycles. The first-order chi connectivity index (χ1) is 12.6. The van der Waals surface area contributed by atoms with Gasteiger partial charge in [0.15, 0.2) is 0 Å². The summed E-state index contributed by atoms with van der Waals surface area (Å²) in [5.74, 6) is 0.128. The van der Waals surface area contributed by atoms with Gasteiger partial charge in [0.2, 0.25) is 0 Å². The van der Waals surface area contributed by atoms with Crippen molar-refractivity contribution in [3.63, 3.8) is 0 Å². The lowest BCUT2D eigenvalue weighted by atomic mass is 9.99. The van der Waals surface area contributed by atoms with E-state index in [2.05, 4.69) is 15.6 Å². The lowest BCUT2D eigenvalue weighted by Gasteiger charge is -2.23. The fraction of sp³-hybridized carbons (Fsp3) is 0.450. The number of aryl methyl sites for hydroxylation is 1. The molecule has 0 aromatic carbocycles. The molecule has 1 atom stereocenters. The van der Waals surface area contributed by atoms with Crippen LogP contribution in [0.2, 0.25) is 0 Å². The van der Waals surface area contributed by atoms with E-state index in [1.54, 1.807) is 17.0 Å². The maximum atomic E-state index is 12.8. The van der Waals surface area contributed by atoms with Crippen LogP contribution in [0.3, 0.4) is 0 Å². The minimum absolute atomic E-state index is 0. The van der Waals surface area contributed by atoms with Crippen LogP contribution >= 0.6 is 24.8 Å². The van der Waals surface area contributed by atoms with Crippen LogP contribution in [-0.4, -0.2) is 35.1 Å². The Morgan fingerprint density at radius 1 is 1.32 bits per heavy atom. The van der Waals surface area contributed by atoms with Crippen molar-refractivity contribution in [3.8, 4) is 0 Å². The summed E-state index contributed by atoms with van der Waals surface area (Å²) in [6.45, 7) is 4.88. The van der Waals surface area contributed by atoms with Gasteiger partial charge in [-0.2, -0.15) is 0 Å². The van der Waals surface area contributed by atoms with Crippen molar-refractivity contribution in [2.75, 3.05) is 19.6 Å². The smallest absolute Gasteiger partial charge is 0.263 e. The van der Waals surface area contributed by atoms with Gasteiger partial charge in [-0.15, -0.1) is 24.8 Å². The van der Waals surface area contributed by atoms with Crippen molar-refractivity contribution in [1.82, 2.24) is 20.2 Å². The summed E-state index contributed by atoms with van der Waals surface area (Å²) >= 11 is 0. The second kappa shape index (κ2) is 11.8. The minimum atomic E-state index is -0.306. The molecule has 1 aliphatic heterocycles. The van der Waals surface area contributed by atoms with E-state index in [-0.39, 0.29) is 41.8 Å². The zero-order chi connectivity index (χ0) is 18.4. The molecule has 154 valence electrons. The molecule has 1 saturated heterocycles. The highest BCUT2D eigenvalue weighted by molar-refractivity contribution is 5.95. The zero-order valence-corrected chi connectivity index (χ0v) is 17.7. The highest BCUT2D eigenvalue weighted by atomic mass is 35.5. The van der Waals surface area contributed by atoms with Crippen LogP contribution in [0.1, 0.15) is 34.5 Å². The molecule has 1 amide bonds. The predicted molar refractivity (Wildman–Crippen MR) is 116 cm³/mol. The normalized spacial score (nSPS) is 15.8. The molecule has 8 heteroatoms. The summed E-state index contributed by atoms with van der Waals surface area (Å²) in [5, 5.41) is 6.22. The van der Waals surface area contributed by atoms with E-state index in [1.807, 2.05) is 31.2 Å². The summed E-state index contributed by atoms with van der Waals surface area (Å²) in [5.41, 5.74) is 1.67. The SMILES string of the molecule is Cc1ccn(CC2CCCNC2)c(=O)c1C(=O)NCCc1ccccn1.Cl.Cl. The van der Waals surface area contributed by atoms with Crippen molar-refractivity contribution in [2.24, 2.45) is 5.92 Å². The van der Waals surface area contributed by atoms with E-state index in [1.165, 1.54) is 0 Å². The van der Waals surface area contributed by atoms with E-state index < -0.39 is 0 Å². The molecular weight excluding hydrogens is 399 g/mol. The average molecular weight is 427 g/mol. The highest BCUT2D eigenvalue weighted by Crippen LogP contribution is 2.12. The van der Waals surface area contributed by atoms with Crippen molar-refractivity contribution in [1.29, 1.82) is 0 Å². The van der Waals surface area contributed by atoms with Gasteiger partial charge in [-0.05, 0) is 62.5 Å². The molecule has 1 fully saturated rings. The number of halogens is 2. The number of amides is 1. The van der Waals surface area contributed by atoms with E-state index in [4.69, 9.17) is 0 Å². The number of hydrogen-bond donors (Lipinski definition) is 2. The van der Waals surface area contributed by atoms with Crippen molar-refractivity contribution < 1.29 is 4.79 Å². The molecular formula is C20H28Cl2N4O2. The van der Waals surface area contributed by atoms with Gasteiger partial charge in [0, 0.05) is 37.6 Å². The molecule has 3 heterocycles. The third kappa shape index (κ3) is 6.33. The predicted octanol–water partition coefficient (Wildman–Crippen LogP) is 2.37. The molecule has 3 rings (SSSR count). The Labute approximate surface area is 178 Å². The molecule has 1 unspecified atom stereocenters. The zero-order valence-electron chi connectivity index (χ0n) is 16.0. The van der Waals surface area contributed by atoms with Crippen LogP contribution in [0.5, 0.6) is 0 Å². The Hall–Kier alpha value is -1.89. The number of aromatic nitrogens is 2. The fourth-order valence-corrected chi connectivity index (χ4v) is 3.38. The quantitative estimate of drug-likeness (QED) is 0.742. The molecule has 2 aromatic rings. The fourth-order valence-electron chi connectivity index (χ4n) is 3.38. The van der Waals surface area contributed by atoms with Crippen LogP contribution in [-0.2, 0) is 13.0 Å². The van der Waals surface area contributed by atoms with E-state index in [9.17, 15) is 9.59 Å². The number of piperidine rings is 1. The highest BCUT2D eigenvalue weighted by Gasteiger charge is 2.18. The van der Waals surface area contributed by atoms with Gasteiger partial charge in [0.25, 0.3) is 11.5 Å². The van der Waals surface area contributed by atoms with Gasteiger partial charge < -0.3 is 15.2 Å².